The Balaban J connectivity index is 0.000000758. The molecule has 0 unspecified atom stereocenters. The van der Waals surface area contributed by atoms with Crippen molar-refractivity contribution < 1.29 is 5.11 Å². The number of nitrogens with one attached hydrogen (secondary N) is 1. The van der Waals surface area contributed by atoms with E-state index in [4.69, 9.17) is 11.6 Å². The number of hydrogen-bond acceptors (Lipinski definition) is 2. The fourth-order valence-corrected chi connectivity index (χ4v) is 2.78. The van der Waals surface area contributed by atoms with Crippen LogP contribution in [0.4, 0.5) is 0 Å². The monoisotopic (exact) mass is 372 g/mol. The first-order valence-electron chi connectivity index (χ1n) is 8.81. The second-order valence-corrected chi connectivity index (χ2v) is 6.56. The maximum absolute atomic E-state index is 12.2. The van der Waals surface area contributed by atoms with Gasteiger partial charge < -0.3 is 5.11 Å². The summed E-state index contributed by atoms with van der Waals surface area (Å²) in [6.45, 7) is 8.52. The number of benzene rings is 2. The van der Waals surface area contributed by atoms with E-state index in [1.165, 1.54) is 11.1 Å². The summed E-state index contributed by atoms with van der Waals surface area (Å²) in [6.07, 6.45) is 1.25. The summed E-state index contributed by atoms with van der Waals surface area (Å²) in [4.78, 5) is 12.2. The summed E-state index contributed by atoms with van der Waals surface area (Å²) in [7, 11) is 0. The molecule has 3 rings (SSSR count). The number of aromatic nitrogens is 2. The molecule has 1 aromatic heterocycles. The van der Waals surface area contributed by atoms with Gasteiger partial charge in [0.1, 0.15) is 5.56 Å². The first-order valence-corrected chi connectivity index (χ1v) is 9.19. The smallest absolute Gasteiger partial charge is 0.275 e. The van der Waals surface area contributed by atoms with Gasteiger partial charge in [-0.3, -0.25) is 14.6 Å². The molecule has 0 fully saturated rings. The van der Waals surface area contributed by atoms with Gasteiger partial charge in [-0.15, -0.1) is 0 Å². The molecule has 0 bridgehead atoms. The van der Waals surface area contributed by atoms with E-state index in [9.17, 15) is 9.90 Å². The highest BCUT2D eigenvalue weighted by Crippen LogP contribution is 2.32. The van der Waals surface area contributed by atoms with Gasteiger partial charge in [-0.2, -0.15) is 0 Å². The lowest BCUT2D eigenvalue weighted by Crippen LogP contribution is -2.05. The molecule has 4 nitrogen and oxygen atoms in total. The summed E-state index contributed by atoms with van der Waals surface area (Å²) in [5, 5.41) is 13.6. The van der Waals surface area contributed by atoms with E-state index in [-0.39, 0.29) is 11.4 Å². The largest absolute Gasteiger partial charge is 0.493 e. The molecule has 0 amide bonds. The van der Waals surface area contributed by atoms with Crippen LogP contribution in [0.3, 0.4) is 0 Å². The molecule has 1 heterocycles. The summed E-state index contributed by atoms with van der Waals surface area (Å²) in [6, 6.07) is 13.4. The molecule has 0 saturated heterocycles. The van der Waals surface area contributed by atoms with Gasteiger partial charge in [-0.05, 0) is 54.3 Å². The van der Waals surface area contributed by atoms with Crippen molar-refractivity contribution >= 4 is 11.6 Å². The first-order chi connectivity index (χ1) is 12.4. The Bertz CT molecular complexity index is 924. The second kappa shape index (κ2) is 8.77. The van der Waals surface area contributed by atoms with Crippen molar-refractivity contribution in [2.45, 2.75) is 40.7 Å². The van der Waals surface area contributed by atoms with Crippen molar-refractivity contribution in [2.24, 2.45) is 0 Å². The lowest BCUT2D eigenvalue weighted by Gasteiger charge is -2.08. The van der Waals surface area contributed by atoms with E-state index in [1.54, 1.807) is 0 Å². The fraction of sp³-hybridized carbons (Fsp3) is 0.286. The highest BCUT2D eigenvalue weighted by Gasteiger charge is 2.17. The standard InChI is InChI=1S/C18H17ClN2O2.C3H8/c1-3-21-18(23)16(17(22)20-21)15-10-13(5-4-11(15)2)12-6-8-14(19)9-7-12;1-3-2/h4-10,23H,3H2,1-2H3,(H,20,22);3H2,1-2H3. The van der Waals surface area contributed by atoms with Crippen LogP contribution in [0.25, 0.3) is 22.3 Å². The van der Waals surface area contributed by atoms with E-state index in [0.717, 1.165) is 22.3 Å². The van der Waals surface area contributed by atoms with E-state index in [0.29, 0.717) is 17.1 Å². The van der Waals surface area contributed by atoms with E-state index < -0.39 is 0 Å². The molecule has 0 atom stereocenters. The van der Waals surface area contributed by atoms with Crippen molar-refractivity contribution in [3.8, 4) is 28.1 Å². The van der Waals surface area contributed by atoms with Crippen LogP contribution in [0.2, 0.25) is 5.02 Å². The van der Waals surface area contributed by atoms with Crippen LogP contribution in [0.15, 0.2) is 47.3 Å². The third kappa shape index (κ3) is 4.20. The van der Waals surface area contributed by atoms with Gasteiger partial charge in [-0.1, -0.05) is 56.1 Å². The Morgan fingerprint density at radius 1 is 1.04 bits per heavy atom. The Morgan fingerprint density at radius 3 is 2.15 bits per heavy atom. The second-order valence-electron chi connectivity index (χ2n) is 6.13. The lowest BCUT2D eigenvalue weighted by molar-refractivity contribution is 0.406. The number of aromatic hydroxyl groups is 1. The van der Waals surface area contributed by atoms with Crippen molar-refractivity contribution in [3.63, 3.8) is 0 Å². The molecule has 0 spiro atoms. The molecule has 0 radical (unpaired) electrons. The topological polar surface area (TPSA) is 58.0 Å². The van der Waals surface area contributed by atoms with Gasteiger partial charge >= 0.3 is 0 Å². The molecule has 2 N–H and O–H groups in total. The Kier molecular flexibility index (Phi) is 6.70. The molecule has 0 aliphatic rings. The number of halogens is 1. The van der Waals surface area contributed by atoms with Crippen molar-refractivity contribution in [3.05, 3.63) is 63.4 Å². The molecule has 0 saturated carbocycles. The third-order valence-corrected chi connectivity index (χ3v) is 4.20. The average molecular weight is 373 g/mol. The third-order valence-electron chi connectivity index (χ3n) is 3.94. The van der Waals surface area contributed by atoms with Crippen molar-refractivity contribution in [1.82, 2.24) is 9.78 Å². The van der Waals surface area contributed by atoms with Crippen molar-refractivity contribution in [1.29, 1.82) is 0 Å². The highest BCUT2D eigenvalue weighted by atomic mass is 35.5. The molecule has 138 valence electrons. The molecule has 3 aromatic rings. The van der Waals surface area contributed by atoms with Crippen LogP contribution in [-0.4, -0.2) is 14.9 Å². The van der Waals surface area contributed by atoms with Crippen LogP contribution in [0, 0.1) is 6.92 Å². The number of H-pyrrole nitrogens is 1. The number of aromatic amines is 1. The average Bonchev–Trinajstić information content (AvgIpc) is 2.91. The van der Waals surface area contributed by atoms with Crippen LogP contribution >= 0.6 is 11.6 Å². The Morgan fingerprint density at radius 2 is 1.62 bits per heavy atom. The highest BCUT2D eigenvalue weighted by molar-refractivity contribution is 6.30. The maximum Gasteiger partial charge on any atom is 0.275 e. The van der Waals surface area contributed by atoms with Crippen LogP contribution in [-0.2, 0) is 6.54 Å². The van der Waals surface area contributed by atoms with Gasteiger partial charge in [0.25, 0.3) is 5.56 Å². The summed E-state index contributed by atoms with van der Waals surface area (Å²) < 4.78 is 1.44. The Labute approximate surface area is 159 Å². The number of rotatable bonds is 3. The number of aryl methyl sites for hydroxylation is 2. The summed E-state index contributed by atoms with van der Waals surface area (Å²) in [5.41, 5.74) is 3.63. The zero-order valence-corrected chi connectivity index (χ0v) is 16.4. The zero-order chi connectivity index (χ0) is 19.3. The molecule has 0 aliphatic carbocycles. The SMILES string of the molecule is CCC.CCn1[nH]c(=O)c(-c2cc(-c3ccc(Cl)cc3)ccc2C)c1O. The minimum atomic E-state index is -0.291. The van der Waals surface area contributed by atoms with Gasteiger partial charge in [0.15, 0.2) is 0 Å². The Hall–Kier alpha value is -2.46. The van der Waals surface area contributed by atoms with Crippen LogP contribution in [0.1, 0.15) is 32.8 Å². The van der Waals surface area contributed by atoms with Gasteiger partial charge in [-0.25, -0.2) is 0 Å². The van der Waals surface area contributed by atoms with E-state index >= 15 is 0 Å². The number of nitrogens with zero attached hydrogens (tertiary/aromatic N) is 1. The van der Waals surface area contributed by atoms with Gasteiger partial charge in [0.2, 0.25) is 5.88 Å². The fourth-order valence-electron chi connectivity index (χ4n) is 2.65. The predicted octanol–water partition coefficient (Wildman–Crippen LogP) is 5.61. The summed E-state index contributed by atoms with van der Waals surface area (Å²) in [5.74, 6) is -0.0335. The van der Waals surface area contributed by atoms with Crippen LogP contribution in [0.5, 0.6) is 5.88 Å². The predicted molar refractivity (Wildman–Crippen MR) is 109 cm³/mol. The first kappa shape index (κ1) is 19.9. The van der Waals surface area contributed by atoms with E-state index in [1.807, 2.05) is 56.3 Å². The van der Waals surface area contributed by atoms with Gasteiger partial charge in [0, 0.05) is 11.6 Å². The normalized spacial score (nSPS) is 10.3. The number of hydrogen-bond donors (Lipinski definition) is 2. The molecule has 5 heteroatoms. The zero-order valence-electron chi connectivity index (χ0n) is 15.6. The minimum Gasteiger partial charge on any atom is -0.493 e. The van der Waals surface area contributed by atoms with Crippen molar-refractivity contribution in [2.75, 3.05) is 0 Å². The molecule has 2 aromatic carbocycles. The molecule has 26 heavy (non-hydrogen) atoms. The molecular formula is C21H25ClN2O2. The quantitative estimate of drug-likeness (QED) is 0.627. The summed E-state index contributed by atoms with van der Waals surface area (Å²) >= 11 is 5.93. The van der Waals surface area contributed by atoms with Crippen LogP contribution < -0.4 is 5.56 Å². The molecule has 0 aliphatic heterocycles. The maximum atomic E-state index is 12.2. The molecular weight excluding hydrogens is 348 g/mol. The minimum absolute atomic E-state index is 0.0335. The lowest BCUT2D eigenvalue weighted by atomic mass is 9.96. The van der Waals surface area contributed by atoms with E-state index in [2.05, 4.69) is 18.9 Å². The van der Waals surface area contributed by atoms with Gasteiger partial charge in [0.05, 0.1) is 0 Å².